The topological polar surface area (TPSA) is 172 Å². The van der Waals surface area contributed by atoms with Crippen molar-refractivity contribution in [2.45, 2.75) is 18.7 Å². The summed E-state index contributed by atoms with van der Waals surface area (Å²) in [5.41, 5.74) is -0.886. The molecule has 0 radical (unpaired) electrons. The number of carbonyl (C=O) groups excluding carboxylic acids is 2. The van der Waals surface area contributed by atoms with Gasteiger partial charge in [-0.1, -0.05) is 64.9 Å². The van der Waals surface area contributed by atoms with Crippen LogP contribution in [0.5, 0.6) is 0 Å². The number of carboxylic acids is 1. The van der Waals surface area contributed by atoms with Crippen molar-refractivity contribution in [2.75, 3.05) is 19.6 Å². The fourth-order valence-corrected chi connectivity index (χ4v) is 4.28. The standard InChI is InChI=1S/C27H22F3N5O7/c28-27(29,30)19-20(14-4-2-1-3-5-14)33-41-22(19)25-32-23(34-42-25)16-8-6-15(7-9-16)21(37)24(38)31-11-10-18(36)35-12-17(13-35)26(39)40/h1-9,17,21,37H,10-13H2,(H,31,38)(H,39,40). The summed E-state index contributed by atoms with van der Waals surface area (Å²) in [6, 6.07) is 13.4. The van der Waals surface area contributed by atoms with Gasteiger partial charge >= 0.3 is 12.1 Å². The zero-order valence-electron chi connectivity index (χ0n) is 21.5. The van der Waals surface area contributed by atoms with Crippen LogP contribution in [0.25, 0.3) is 34.3 Å². The molecule has 0 bridgehead atoms. The van der Waals surface area contributed by atoms with Crippen molar-refractivity contribution in [3.8, 4) is 34.3 Å². The predicted octanol–water partition coefficient (Wildman–Crippen LogP) is 3.16. The Labute approximate surface area is 234 Å². The minimum absolute atomic E-state index is 0.0553. The number of nitrogens with zero attached hydrogens (tertiary/aromatic N) is 4. The number of aliphatic hydroxyl groups excluding tert-OH is 1. The van der Waals surface area contributed by atoms with Crippen molar-refractivity contribution in [3.05, 3.63) is 65.7 Å². The number of hydrogen-bond acceptors (Lipinski definition) is 9. The van der Waals surface area contributed by atoms with Crippen LogP contribution in [0.3, 0.4) is 0 Å². The predicted molar refractivity (Wildman–Crippen MR) is 136 cm³/mol. The molecule has 218 valence electrons. The van der Waals surface area contributed by atoms with Crippen LogP contribution in [0.4, 0.5) is 13.2 Å². The number of amides is 2. The lowest BCUT2D eigenvalue weighted by Gasteiger charge is -2.36. The first-order chi connectivity index (χ1) is 20.0. The van der Waals surface area contributed by atoms with Crippen LogP contribution >= 0.6 is 0 Å². The Morgan fingerprint density at radius 1 is 1.00 bits per heavy atom. The van der Waals surface area contributed by atoms with Crippen molar-refractivity contribution < 1.29 is 46.8 Å². The number of aliphatic carboxylic acids is 1. The highest BCUT2D eigenvalue weighted by atomic mass is 19.4. The summed E-state index contributed by atoms with van der Waals surface area (Å²) in [7, 11) is 0. The molecule has 0 spiro atoms. The van der Waals surface area contributed by atoms with E-state index >= 15 is 0 Å². The van der Waals surface area contributed by atoms with E-state index in [1.165, 1.54) is 41.3 Å². The number of hydrogen-bond donors (Lipinski definition) is 3. The maximum absolute atomic E-state index is 14.0. The summed E-state index contributed by atoms with van der Waals surface area (Å²) in [5, 5.41) is 29.0. The van der Waals surface area contributed by atoms with Gasteiger partial charge in [-0.15, -0.1) is 0 Å². The van der Waals surface area contributed by atoms with Crippen LogP contribution < -0.4 is 5.32 Å². The Morgan fingerprint density at radius 2 is 1.69 bits per heavy atom. The first-order valence-electron chi connectivity index (χ1n) is 12.6. The van der Waals surface area contributed by atoms with E-state index in [0.29, 0.717) is 5.56 Å². The van der Waals surface area contributed by atoms with E-state index < -0.39 is 53.0 Å². The number of alkyl halides is 3. The number of carbonyl (C=O) groups is 3. The number of rotatable bonds is 9. The van der Waals surface area contributed by atoms with Gasteiger partial charge in [0.2, 0.25) is 17.5 Å². The Morgan fingerprint density at radius 3 is 2.33 bits per heavy atom. The fourth-order valence-electron chi connectivity index (χ4n) is 4.28. The average Bonchev–Trinajstić information content (AvgIpc) is 3.60. The minimum atomic E-state index is -4.83. The quantitative estimate of drug-likeness (QED) is 0.265. The van der Waals surface area contributed by atoms with Gasteiger partial charge in [-0.05, 0) is 5.56 Å². The highest BCUT2D eigenvalue weighted by molar-refractivity contribution is 5.84. The molecular formula is C27H22F3N5O7. The number of aromatic nitrogens is 3. The minimum Gasteiger partial charge on any atom is -0.481 e. The number of halogens is 3. The van der Waals surface area contributed by atoms with E-state index in [1.54, 1.807) is 18.2 Å². The Hall–Kier alpha value is -5.05. The normalized spacial score (nSPS) is 14.3. The van der Waals surface area contributed by atoms with E-state index in [1.807, 2.05) is 0 Å². The Balaban J connectivity index is 1.22. The Kier molecular flexibility index (Phi) is 7.76. The maximum atomic E-state index is 14.0. The third kappa shape index (κ3) is 5.85. The van der Waals surface area contributed by atoms with Crippen LogP contribution in [0.1, 0.15) is 23.7 Å². The summed E-state index contributed by atoms with van der Waals surface area (Å²) in [5.74, 6) is -3.97. The summed E-state index contributed by atoms with van der Waals surface area (Å²) >= 11 is 0. The molecule has 3 heterocycles. The second-order valence-corrected chi connectivity index (χ2v) is 9.42. The molecule has 2 aromatic carbocycles. The lowest BCUT2D eigenvalue weighted by atomic mass is 10.0. The second kappa shape index (κ2) is 11.4. The van der Waals surface area contributed by atoms with Gasteiger partial charge in [0.25, 0.3) is 11.8 Å². The molecule has 1 aliphatic heterocycles. The van der Waals surface area contributed by atoms with Gasteiger partial charge in [0.15, 0.2) is 6.10 Å². The van der Waals surface area contributed by atoms with Gasteiger partial charge in [-0.25, -0.2) is 0 Å². The van der Waals surface area contributed by atoms with Gasteiger partial charge in [0, 0.05) is 37.2 Å². The molecule has 5 rings (SSSR count). The molecule has 1 aliphatic rings. The van der Waals surface area contributed by atoms with Crippen molar-refractivity contribution in [1.29, 1.82) is 0 Å². The molecule has 4 aromatic rings. The lowest BCUT2D eigenvalue weighted by molar-refractivity contribution is -0.152. The third-order valence-electron chi connectivity index (χ3n) is 6.60. The van der Waals surface area contributed by atoms with Gasteiger partial charge in [-0.2, -0.15) is 18.2 Å². The van der Waals surface area contributed by atoms with Gasteiger partial charge in [0.05, 0.1) is 5.92 Å². The number of benzene rings is 2. The highest BCUT2D eigenvalue weighted by Crippen LogP contribution is 2.43. The zero-order valence-corrected chi connectivity index (χ0v) is 21.5. The third-order valence-corrected chi connectivity index (χ3v) is 6.60. The lowest BCUT2D eigenvalue weighted by Crippen LogP contribution is -2.53. The molecule has 15 heteroatoms. The Bertz CT molecular complexity index is 1600. The smallest absolute Gasteiger partial charge is 0.422 e. The molecule has 42 heavy (non-hydrogen) atoms. The molecule has 2 aromatic heterocycles. The van der Waals surface area contributed by atoms with Gasteiger partial charge in [0.1, 0.15) is 11.3 Å². The molecule has 3 N–H and O–H groups in total. The summed E-state index contributed by atoms with van der Waals surface area (Å²) in [6.45, 7) is 0.186. The van der Waals surface area contributed by atoms with E-state index in [-0.39, 0.29) is 48.9 Å². The van der Waals surface area contributed by atoms with Crippen molar-refractivity contribution in [3.63, 3.8) is 0 Å². The summed E-state index contributed by atoms with van der Waals surface area (Å²) < 4.78 is 51.9. The second-order valence-electron chi connectivity index (χ2n) is 9.42. The highest BCUT2D eigenvalue weighted by Gasteiger charge is 2.43. The summed E-state index contributed by atoms with van der Waals surface area (Å²) in [4.78, 5) is 40.6. The molecular weight excluding hydrogens is 563 g/mol. The molecule has 0 saturated carbocycles. The van der Waals surface area contributed by atoms with E-state index in [0.717, 1.165) is 0 Å². The molecule has 1 atom stereocenters. The van der Waals surface area contributed by atoms with Crippen molar-refractivity contribution in [2.24, 2.45) is 5.92 Å². The van der Waals surface area contributed by atoms with E-state index in [4.69, 9.17) is 14.2 Å². The molecule has 12 nitrogen and oxygen atoms in total. The number of aliphatic hydroxyl groups is 1. The van der Waals surface area contributed by atoms with E-state index in [2.05, 4.69) is 20.6 Å². The van der Waals surface area contributed by atoms with Crippen molar-refractivity contribution >= 4 is 17.8 Å². The SMILES string of the molecule is O=C(O)C1CN(C(=O)CCNC(=O)C(O)c2ccc(-c3noc(-c4onc(-c5ccccc5)c4C(F)(F)F)n3)cc2)C1. The van der Waals surface area contributed by atoms with Crippen LogP contribution in [0.15, 0.2) is 63.6 Å². The molecule has 1 unspecified atom stereocenters. The van der Waals surface area contributed by atoms with Crippen LogP contribution in [0.2, 0.25) is 0 Å². The molecule has 0 aliphatic carbocycles. The van der Waals surface area contributed by atoms with Crippen LogP contribution in [0, 0.1) is 5.92 Å². The maximum Gasteiger partial charge on any atom is 0.422 e. The molecule has 2 amide bonds. The fraction of sp³-hybridized carbons (Fsp3) is 0.259. The average molecular weight is 585 g/mol. The van der Waals surface area contributed by atoms with Crippen LogP contribution in [-0.4, -0.2) is 67.8 Å². The first-order valence-corrected chi connectivity index (χ1v) is 12.6. The largest absolute Gasteiger partial charge is 0.481 e. The molecule has 1 saturated heterocycles. The van der Waals surface area contributed by atoms with E-state index in [9.17, 15) is 32.7 Å². The number of nitrogens with one attached hydrogen (secondary N) is 1. The van der Waals surface area contributed by atoms with Gasteiger partial charge < -0.3 is 29.5 Å². The summed E-state index contributed by atoms with van der Waals surface area (Å²) in [6.07, 6.45) is -6.47. The zero-order chi connectivity index (χ0) is 30.0. The van der Waals surface area contributed by atoms with Crippen LogP contribution in [-0.2, 0) is 20.6 Å². The first kappa shape index (κ1) is 28.5. The number of likely N-dealkylation sites (tertiary alicyclic amines) is 1. The van der Waals surface area contributed by atoms with Crippen molar-refractivity contribution in [1.82, 2.24) is 25.5 Å². The molecule has 1 fully saturated rings. The monoisotopic (exact) mass is 585 g/mol. The van der Waals surface area contributed by atoms with Gasteiger partial charge in [-0.3, -0.25) is 14.4 Å². The number of carboxylic acid groups (broad SMARTS) is 1.